The summed E-state index contributed by atoms with van der Waals surface area (Å²) in [7, 11) is 1.76. The van der Waals surface area contributed by atoms with Gasteiger partial charge in [-0.2, -0.15) is 0 Å². The van der Waals surface area contributed by atoms with Gasteiger partial charge in [-0.25, -0.2) is 0 Å². The van der Waals surface area contributed by atoms with Gasteiger partial charge in [-0.15, -0.1) is 0 Å². The lowest BCUT2D eigenvalue weighted by molar-refractivity contribution is 0.107. The van der Waals surface area contributed by atoms with E-state index < -0.39 is 0 Å². The van der Waals surface area contributed by atoms with E-state index in [1.165, 1.54) is 0 Å². The van der Waals surface area contributed by atoms with Crippen LogP contribution >= 0.6 is 0 Å². The molecule has 2 nitrogen and oxygen atoms in total. The summed E-state index contributed by atoms with van der Waals surface area (Å²) in [4.78, 5) is 12.0. The fourth-order valence-corrected chi connectivity index (χ4v) is 2.46. The van der Waals surface area contributed by atoms with Gasteiger partial charge >= 0.3 is 0 Å². The summed E-state index contributed by atoms with van der Waals surface area (Å²) in [6, 6.07) is 17.0. The van der Waals surface area contributed by atoms with Crippen molar-refractivity contribution in [2.75, 3.05) is 7.11 Å². The van der Waals surface area contributed by atoms with E-state index >= 15 is 0 Å². The van der Waals surface area contributed by atoms with Gasteiger partial charge in [-0.1, -0.05) is 47.7 Å². The fourth-order valence-electron chi connectivity index (χ4n) is 1.49. The molecule has 0 unspecified atom stereocenters. The minimum atomic E-state index is 0.136. The first-order valence-electron chi connectivity index (χ1n) is 5.30. The van der Waals surface area contributed by atoms with E-state index in [1.54, 1.807) is 7.11 Å². The van der Waals surface area contributed by atoms with E-state index in [0.717, 1.165) is 16.5 Å². The highest BCUT2D eigenvalue weighted by Gasteiger charge is 2.08. The van der Waals surface area contributed by atoms with Crippen LogP contribution in [0.15, 0.2) is 54.6 Å². The number of benzene rings is 2. The number of hydrogen-bond acceptors (Lipinski definition) is 2. The van der Waals surface area contributed by atoms with Gasteiger partial charge in [0.2, 0.25) is 0 Å². The van der Waals surface area contributed by atoms with Gasteiger partial charge in [0.25, 0.3) is 0 Å². The van der Waals surface area contributed by atoms with Crippen LogP contribution in [0.3, 0.4) is 0 Å². The highest BCUT2D eigenvalue weighted by molar-refractivity contribution is 6.86. The van der Waals surface area contributed by atoms with Crippen molar-refractivity contribution in [3.63, 3.8) is 0 Å². The fraction of sp³-hybridized carbons (Fsp3) is 0.0714. The Bertz CT molecular complexity index is 509. The number of carbonyl (C=O) groups excluding carboxylic acids is 1. The quantitative estimate of drug-likeness (QED) is 0.763. The molecule has 0 N–H and O–H groups in total. The second-order valence-corrected chi connectivity index (χ2v) is 4.83. The summed E-state index contributed by atoms with van der Waals surface area (Å²) in [5.41, 5.74) is 0.758. The molecule has 0 aliphatic rings. The van der Waals surface area contributed by atoms with Gasteiger partial charge in [0.1, 0.15) is 11.2 Å². The summed E-state index contributed by atoms with van der Waals surface area (Å²) in [6.07, 6.45) is 0. The van der Waals surface area contributed by atoms with Gasteiger partial charge in [0.05, 0.1) is 7.11 Å². The van der Waals surface area contributed by atoms with E-state index in [1.807, 2.05) is 54.6 Å². The summed E-state index contributed by atoms with van der Waals surface area (Å²) >= 11 is 0. The van der Waals surface area contributed by atoms with Crippen molar-refractivity contribution < 1.29 is 9.53 Å². The van der Waals surface area contributed by atoms with Gasteiger partial charge < -0.3 is 9.53 Å². The molecule has 0 spiro atoms. The topological polar surface area (TPSA) is 26.3 Å². The summed E-state index contributed by atoms with van der Waals surface area (Å²) in [5, 5.41) is 1.15. The zero-order chi connectivity index (χ0) is 12.1. The number of ether oxygens (including phenoxy) is 1. The van der Waals surface area contributed by atoms with Crippen LogP contribution in [0, 0.1) is 0 Å². The molecule has 84 valence electrons. The second-order valence-electron chi connectivity index (χ2n) is 3.55. The van der Waals surface area contributed by atoms with Gasteiger partial charge in [-0.3, -0.25) is 0 Å². The van der Waals surface area contributed by atoms with Crippen LogP contribution in [0.4, 0.5) is 0 Å². The van der Waals surface area contributed by atoms with Gasteiger partial charge in [0.15, 0.2) is 9.52 Å². The summed E-state index contributed by atoms with van der Waals surface area (Å²) < 4.78 is 5.14. The van der Waals surface area contributed by atoms with E-state index in [-0.39, 0.29) is 14.9 Å². The molecule has 0 aromatic heterocycles. The molecule has 17 heavy (non-hydrogen) atoms. The molecule has 2 aromatic carbocycles. The lowest BCUT2D eigenvalue weighted by Crippen LogP contribution is -2.23. The molecule has 0 saturated heterocycles. The molecule has 2 radical (unpaired) electrons. The van der Waals surface area contributed by atoms with Crippen molar-refractivity contribution in [2.24, 2.45) is 0 Å². The molecule has 2 rings (SSSR count). The Morgan fingerprint density at radius 1 is 1.06 bits per heavy atom. The molecule has 0 bridgehead atoms. The van der Waals surface area contributed by atoms with Crippen molar-refractivity contribution in [3.05, 3.63) is 60.2 Å². The van der Waals surface area contributed by atoms with E-state index in [2.05, 4.69) is 0 Å². The third kappa shape index (κ3) is 3.04. The average molecular weight is 240 g/mol. The zero-order valence-electron chi connectivity index (χ0n) is 9.51. The molecule has 0 heterocycles. The van der Waals surface area contributed by atoms with Crippen LogP contribution in [0.5, 0.6) is 5.75 Å². The zero-order valence-corrected chi connectivity index (χ0v) is 10.5. The van der Waals surface area contributed by atoms with Gasteiger partial charge in [-0.05, 0) is 12.1 Å². The first kappa shape index (κ1) is 11.6. The molecule has 0 aliphatic heterocycles. The summed E-state index contributed by atoms with van der Waals surface area (Å²) in [5.74, 6) is 0.788. The Morgan fingerprint density at radius 2 is 1.82 bits per heavy atom. The smallest absolute Gasteiger partial charge is 0.179 e. The van der Waals surface area contributed by atoms with Crippen molar-refractivity contribution in [3.8, 4) is 5.75 Å². The Morgan fingerprint density at radius 3 is 2.53 bits per heavy atom. The minimum Gasteiger partial charge on any atom is -0.497 e. The third-order valence-corrected chi connectivity index (χ3v) is 3.48. The molecule has 0 fully saturated rings. The van der Waals surface area contributed by atoms with Crippen LogP contribution in [-0.2, 0) is 0 Å². The lowest BCUT2D eigenvalue weighted by atomic mass is 10.2. The number of rotatable bonds is 4. The molecule has 0 saturated carbocycles. The Balaban J connectivity index is 2.13. The largest absolute Gasteiger partial charge is 0.497 e. The lowest BCUT2D eigenvalue weighted by Gasteiger charge is -2.03. The van der Waals surface area contributed by atoms with E-state index in [9.17, 15) is 4.79 Å². The van der Waals surface area contributed by atoms with Crippen LogP contribution in [-0.4, -0.2) is 22.0 Å². The molecule has 2 aromatic rings. The maximum atomic E-state index is 12.0. The van der Waals surface area contributed by atoms with E-state index in [0.29, 0.717) is 0 Å². The van der Waals surface area contributed by atoms with Crippen molar-refractivity contribution in [1.82, 2.24) is 0 Å². The SMILES string of the molecule is COc1cccc([Si]C(=O)c2ccccc2)c1. The number of methoxy groups -OCH3 is 1. The molecule has 0 amide bonds. The minimum absolute atomic E-state index is 0.136. The van der Waals surface area contributed by atoms with Crippen LogP contribution in [0.25, 0.3) is 0 Å². The maximum Gasteiger partial charge on any atom is 0.179 e. The van der Waals surface area contributed by atoms with Gasteiger partial charge in [0, 0.05) is 5.56 Å². The monoisotopic (exact) mass is 240 g/mol. The second kappa shape index (κ2) is 5.45. The van der Waals surface area contributed by atoms with Crippen molar-refractivity contribution >= 4 is 20.1 Å². The average Bonchev–Trinajstić information content (AvgIpc) is 2.40. The van der Waals surface area contributed by atoms with Crippen LogP contribution in [0.2, 0.25) is 0 Å². The predicted molar refractivity (Wildman–Crippen MR) is 69.2 cm³/mol. The third-order valence-electron chi connectivity index (χ3n) is 2.36. The first-order chi connectivity index (χ1) is 8.29. The Labute approximate surface area is 103 Å². The van der Waals surface area contributed by atoms with Crippen molar-refractivity contribution in [2.45, 2.75) is 0 Å². The molecule has 3 heteroatoms. The van der Waals surface area contributed by atoms with Crippen LogP contribution < -0.4 is 9.92 Å². The molecule has 0 aliphatic carbocycles. The van der Waals surface area contributed by atoms with Crippen LogP contribution in [0.1, 0.15) is 10.4 Å². The highest BCUT2D eigenvalue weighted by atomic mass is 28.2. The Hall–Kier alpha value is -1.87. The predicted octanol–water partition coefficient (Wildman–Crippen LogP) is 1.87. The standard InChI is InChI=1S/C14H12O2Si/c1-16-12-8-5-9-13(10-12)17-14(15)11-6-3-2-4-7-11/h2-10H,1H3. The summed E-state index contributed by atoms with van der Waals surface area (Å²) in [6.45, 7) is 0. The first-order valence-corrected chi connectivity index (χ1v) is 6.30. The number of hydrogen-bond donors (Lipinski definition) is 0. The molecule has 0 atom stereocenters. The normalized spacial score (nSPS) is 9.94. The highest BCUT2D eigenvalue weighted by Crippen LogP contribution is 2.06. The Kier molecular flexibility index (Phi) is 3.72. The maximum absolute atomic E-state index is 12.0. The van der Waals surface area contributed by atoms with E-state index in [4.69, 9.17) is 4.74 Å². The van der Waals surface area contributed by atoms with Crippen molar-refractivity contribution in [1.29, 1.82) is 0 Å². The molecular formula is C14H12O2Si. The number of carbonyl (C=O) groups is 1. The molecular weight excluding hydrogens is 228 g/mol.